The van der Waals surface area contributed by atoms with E-state index in [0.717, 1.165) is 19.6 Å². The second kappa shape index (κ2) is 6.72. The topological polar surface area (TPSA) is 28.2 Å². The van der Waals surface area contributed by atoms with Gasteiger partial charge in [0.15, 0.2) is 0 Å². The average Bonchev–Trinajstić information content (AvgIpc) is 2.52. The number of anilines is 1. The summed E-state index contributed by atoms with van der Waals surface area (Å²) in [6, 6.07) is 13.4. The minimum Gasteiger partial charge on any atom is -0.381 e. The first-order chi connectivity index (χ1) is 10.3. The van der Waals surface area contributed by atoms with E-state index in [0.29, 0.717) is 6.04 Å². The van der Waals surface area contributed by atoms with Gasteiger partial charge < -0.3 is 5.32 Å². The van der Waals surface area contributed by atoms with Crippen molar-refractivity contribution in [1.29, 1.82) is 0 Å². The van der Waals surface area contributed by atoms with E-state index in [2.05, 4.69) is 58.5 Å². The fourth-order valence-corrected chi connectivity index (χ4v) is 2.91. The maximum atomic E-state index is 4.21. The molecule has 3 heteroatoms. The number of pyridine rings is 1. The third kappa shape index (κ3) is 3.82. The van der Waals surface area contributed by atoms with E-state index >= 15 is 0 Å². The summed E-state index contributed by atoms with van der Waals surface area (Å²) in [6.45, 7) is 5.52. The van der Waals surface area contributed by atoms with Crippen LogP contribution in [0, 0.1) is 6.92 Å². The second-order valence-electron chi connectivity index (χ2n) is 5.87. The number of nitrogens with zero attached hydrogens (tertiary/aromatic N) is 2. The van der Waals surface area contributed by atoms with Gasteiger partial charge in [-0.3, -0.25) is 9.88 Å². The van der Waals surface area contributed by atoms with Crippen LogP contribution in [-0.2, 0) is 6.54 Å². The third-order valence-electron chi connectivity index (χ3n) is 4.24. The molecule has 0 atom stereocenters. The van der Waals surface area contributed by atoms with Crippen molar-refractivity contribution >= 4 is 5.69 Å². The Morgan fingerprint density at radius 2 is 1.90 bits per heavy atom. The molecule has 3 rings (SSSR count). The molecule has 1 aliphatic heterocycles. The standard InChI is InChI=1S/C18H23N3/c1-15-7-10-19-13-18(15)20-17-8-11-21(12-9-17)14-16-5-3-2-4-6-16/h2-7,10,13,17,20H,8-9,11-12,14H2,1H3. The molecular weight excluding hydrogens is 258 g/mol. The predicted molar refractivity (Wildman–Crippen MR) is 87.3 cm³/mol. The van der Waals surface area contributed by atoms with Crippen molar-refractivity contribution in [2.45, 2.75) is 32.4 Å². The third-order valence-corrected chi connectivity index (χ3v) is 4.24. The largest absolute Gasteiger partial charge is 0.381 e. The van der Waals surface area contributed by atoms with Crippen LogP contribution in [0.3, 0.4) is 0 Å². The molecule has 1 saturated heterocycles. The molecule has 0 aliphatic carbocycles. The zero-order valence-electron chi connectivity index (χ0n) is 12.6. The lowest BCUT2D eigenvalue weighted by Gasteiger charge is -2.33. The Morgan fingerprint density at radius 1 is 1.14 bits per heavy atom. The highest BCUT2D eigenvalue weighted by Crippen LogP contribution is 2.19. The monoisotopic (exact) mass is 281 g/mol. The van der Waals surface area contributed by atoms with Gasteiger partial charge >= 0.3 is 0 Å². The Labute approximate surface area is 127 Å². The van der Waals surface area contributed by atoms with Gasteiger partial charge in [0.25, 0.3) is 0 Å². The van der Waals surface area contributed by atoms with Gasteiger partial charge in [-0.1, -0.05) is 30.3 Å². The van der Waals surface area contributed by atoms with Crippen LogP contribution in [0.4, 0.5) is 5.69 Å². The summed E-state index contributed by atoms with van der Waals surface area (Å²) in [7, 11) is 0. The molecule has 0 amide bonds. The Balaban J connectivity index is 1.50. The Bertz CT molecular complexity index is 560. The number of hydrogen-bond acceptors (Lipinski definition) is 3. The SMILES string of the molecule is Cc1ccncc1NC1CCN(Cc2ccccc2)CC1. The Kier molecular flexibility index (Phi) is 4.51. The number of likely N-dealkylation sites (tertiary alicyclic amines) is 1. The molecule has 1 N–H and O–H groups in total. The first-order valence-electron chi connectivity index (χ1n) is 7.75. The number of aromatic nitrogens is 1. The fourth-order valence-electron chi connectivity index (χ4n) is 2.91. The summed E-state index contributed by atoms with van der Waals surface area (Å²) >= 11 is 0. The molecule has 3 nitrogen and oxygen atoms in total. The quantitative estimate of drug-likeness (QED) is 0.930. The van der Waals surface area contributed by atoms with Gasteiger partial charge in [-0.05, 0) is 37.0 Å². The van der Waals surface area contributed by atoms with Crippen LogP contribution in [0.15, 0.2) is 48.8 Å². The maximum absolute atomic E-state index is 4.21. The molecule has 21 heavy (non-hydrogen) atoms. The first-order valence-corrected chi connectivity index (χ1v) is 7.75. The van der Waals surface area contributed by atoms with E-state index in [4.69, 9.17) is 0 Å². The minimum atomic E-state index is 0.569. The van der Waals surface area contributed by atoms with Crippen molar-refractivity contribution in [2.75, 3.05) is 18.4 Å². The summed E-state index contributed by atoms with van der Waals surface area (Å²) in [5.41, 5.74) is 3.86. The number of benzene rings is 1. The van der Waals surface area contributed by atoms with Crippen LogP contribution in [0.25, 0.3) is 0 Å². The zero-order valence-corrected chi connectivity index (χ0v) is 12.6. The van der Waals surface area contributed by atoms with Gasteiger partial charge in [-0.15, -0.1) is 0 Å². The molecule has 0 bridgehead atoms. The van der Waals surface area contributed by atoms with Crippen molar-refractivity contribution in [3.8, 4) is 0 Å². The van der Waals surface area contributed by atoms with Gasteiger partial charge in [0.2, 0.25) is 0 Å². The summed E-state index contributed by atoms with van der Waals surface area (Å²) in [5.74, 6) is 0. The molecule has 1 aliphatic rings. The van der Waals surface area contributed by atoms with Crippen molar-refractivity contribution in [2.24, 2.45) is 0 Å². The molecule has 2 heterocycles. The van der Waals surface area contributed by atoms with E-state index in [9.17, 15) is 0 Å². The molecule has 0 radical (unpaired) electrons. The Morgan fingerprint density at radius 3 is 2.62 bits per heavy atom. The number of piperidine rings is 1. The van der Waals surface area contributed by atoms with E-state index in [1.807, 2.05) is 12.4 Å². The van der Waals surface area contributed by atoms with Gasteiger partial charge in [-0.25, -0.2) is 0 Å². The summed E-state index contributed by atoms with van der Waals surface area (Å²) in [4.78, 5) is 6.75. The molecule has 1 aromatic carbocycles. The molecule has 0 unspecified atom stereocenters. The van der Waals surface area contributed by atoms with Crippen LogP contribution in [-0.4, -0.2) is 29.0 Å². The van der Waals surface area contributed by atoms with E-state index in [1.54, 1.807) is 0 Å². The van der Waals surface area contributed by atoms with Crippen LogP contribution in [0.2, 0.25) is 0 Å². The zero-order chi connectivity index (χ0) is 14.5. The number of nitrogens with one attached hydrogen (secondary N) is 1. The highest BCUT2D eigenvalue weighted by Gasteiger charge is 2.19. The van der Waals surface area contributed by atoms with Crippen molar-refractivity contribution in [3.05, 3.63) is 59.9 Å². The van der Waals surface area contributed by atoms with Crippen molar-refractivity contribution < 1.29 is 0 Å². The number of rotatable bonds is 4. The normalized spacial score (nSPS) is 16.8. The van der Waals surface area contributed by atoms with E-state index in [1.165, 1.54) is 29.7 Å². The summed E-state index contributed by atoms with van der Waals surface area (Å²) in [6.07, 6.45) is 6.18. The molecule has 1 aromatic heterocycles. The van der Waals surface area contributed by atoms with Crippen molar-refractivity contribution in [3.63, 3.8) is 0 Å². The highest BCUT2D eigenvalue weighted by molar-refractivity contribution is 5.48. The molecule has 0 saturated carbocycles. The predicted octanol–water partition coefficient (Wildman–Crippen LogP) is 3.47. The van der Waals surface area contributed by atoms with Crippen LogP contribution in [0.1, 0.15) is 24.0 Å². The average molecular weight is 281 g/mol. The molecule has 1 fully saturated rings. The number of hydrogen-bond donors (Lipinski definition) is 1. The van der Waals surface area contributed by atoms with Gasteiger partial charge in [0.1, 0.15) is 0 Å². The minimum absolute atomic E-state index is 0.569. The Hall–Kier alpha value is -1.87. The van der Waals surface area contributed by atoms with E-state index in [-0.39, 0.29) is 0 Å². The summed E-state index contributed by atoms with van der Waals surface area (Å²) in [5, 5.41) is 3.64. The first kappa shape index (κ1) is 14.1. The number of aryl methyl sites for hydroxylation is 1. The summed E-state index contributed by atoms with van der Waals surface area (Å²) < 4.78 is 0. The van der Waals surface area contributed by atoms with Gasteiger partial charge in [-0.2, -0.15) is 0 Å². The van der Waals surface area contributed by atoms with Gasteiger partial charge in [0.05, 0.1) is 11.9 Å². The van der Waals surface area contributed by atoms with Crippen LogP contribution >= 0.6 is 0 Å². The molecule has 2 aromatic rings. The second-order valence-corrected chi connectivity index (χ2v) is 5.87. The van der Waals surface area contributed by atoms with Crippen LogP contribution in [0.5, 0.6) is 0 Å². The van der Waals surface area contributed by atoms with Crippen LogP contribution < -0.4 is 5.32 Å². The molecule has 0 spiro atoms. The lowest BCUT2D eigenvalue weighted by molar-refractivity contribution is 0.211. The molecular formula is C18H23N3. The van der Waals surface area contributed by atoms with Gasteiger partial charge in [0, 0.05) is 31.9 Å². The smallest absolute Gasteiger partial charge is 0.0558 e. The highest BCUT2D eigenvalue weighted by atomic mass is 15.1. The van der Waals surface area contributed by atoms with Crippen molar-refractivity contribution in [1.82, 2.24) is 9.88 Å². The molecule has 110 valence electrons. The lowest BCUT2D eigenvalue weighted by atomic mass is 10.0. The maximum Gasteiger partial charge on any atom is 0.0558 e. The fraction of sp³-hybridized carbons (Fsp3) is 0.389. The van der Waals surface area contributed by atoms with E-state index < -0.39 is 0 Å². The lowest BCUT2D eigenvalue weighted by Crippen LogP contribution is -2.38.